The summed E-state index contributed by atoms with van der Waals surface area (Å²) >= 11 is 4.84. The number of hydrogen-bond donors (Lipinski definition) is 2. The summed E-state index contributed by atoms with van der Waals surface area (Å²) in [6.45, 7) is 3.31. The monoisotopic (exact) mass is 278 g/mol. The van der Waals surface area contributed by atoms with E-state index in [4.69, 9.17) is 18.0 Å². The van der Waals surface area contributed by atoms with Crippen LogP contribution in [-0.4, -0.2) is 21.5 Å². The van der Waals surface area contributed by atoms with Crippen LogP contribution in [0, 0.1) is 11.8 Å². The molecule has 1 aromatic heterocycles. The van der Waals surface area contributed by atoms with Crippen LogP contribution < -0.4 is 11.1 Å². The van der Waals surface area contributed by atoms with Gasteiger partial charge in [0.2, 0.25) is 0 Å². The van der Waals surface area contributed by atoms with Crippen LogP contribution >= 0.6 is 12.2 Å². The standard InChI is InChI=1S/C14H22N4S/c1-10-2-4-11(5-3-10)6-7-16-13-9-17-12(8-18-13)14(15)19/h8-11H,2-7H2,1H3,(H2,15,19)(H,16,18). The van der Waals surface area contributed by atoms with Gasteiger partial charge in [0.15, 0.2) is 0 Å². The molecule has 1 aromatic rings. The first-order valence-corrected chi connectivity index (χ1v) is 7.41. The molecule has 0 saturated heterocycles. The lowest BCUT2D eigenvalue weighted by molar-refractivity contribution is 0.282. The van der Waals surface area contributed by atoms with Gasteiger partial charge in [-0.25, -0.2) is 9.97 Å². The molecule has 1 fully saturated rings. The van der Waals surface area contributed by atoms with Crippen molar-refractivity contribution in [1.29, 1.82) is 0 Å². The van der Waals surface area contributed by atoms with E-state index in [0.29, 0.717) is 5.69 Å². The molecule has 2 rings (SSSR count). The highest BCUT2D eigenvalue weighted by Gasteiger charge is 2.17. The summed E-state index contributed by atoms with van der Waals surface area (Å²) in [7, 11) is 0. The molecule has 5 heteroatoms. The molecular weight excluding hydrogens is 256 g/mol. The molecule has 0 unspecified atom stereocenters. The molecular formula is C14H22N4S. The van der Waals surface area contributed by atoms with E-state index in [9.17, 15) is 0 Å². The van der Waals surface area contributed by atoms with Gasteiger partial charge >= 0.3 is 0 Å². The van der Waals surface area contributed by atoms with Crippen molar-refractivity contribution in [2.45, 2.75) is 39.0 Å². The quantitative estimate of drug-likeness (QED) is 0.811. The van der Waals surface area contributed by atoms with E-state index in [1.807, 2.05) is 0 Å². The topological polar surface area (TPSA) is 63.8 Å². The highest BCUT2D eigenvalue weighted by molar-refractivity contribution is 7.80. The molecule has 0 aliphatic heterocycles. The fourth-order valence-corrected chi connectivity index (χ4v) is 2.67. The van der Waals surface area contributed by atoms with Crippen LogP contribution in [0.25, 0.3) is 0 Å². The molecule has 0 aromatic carbocycles. The molecule has 0 amide bonds. The van der Waals surface area contributed by atoms with Gasteiger partial charge < -0.3 is 11.1 Å². The summed E-state index contributed by atoms with van der Waals surface area (Å²) in [5.41, 5.74) is 6.05. The van der Waals surface area contributed by atoms with Crippen molar-refractivity contribution in [1.82, 2.24) is 9.97 Å². The Bertz CT molecular complexity index is 410. The zero-order valence-corrected chi connectivity index (χ0v) is 12.2. The van der Waals surface area contributed by atoms with Gasteiger partial charge in [-0.15, -0.1) is 0 Å². The van der Waals surface area contributed by atoms with Crippen molar-refractivity contribution in [3.63, 3.8) is 0 Å². The molecule has 0 atom stereocenters. The number of nitrogens with zero attached hydrogens (tertiary/aromatic N) is 2. The van der Waals surface area contributed by atoms with Gasteiger partial charge in [-0.1, -0.05) is 44.8 Å². The zero-order valence-electron chi connectivity index (χ0n) is 11.4. The number of rotatable bonds is 5. The van der Waals surface area contributed by atoms with Gasteiger partial charge in [-0.2, -0.15) is 0 Å². The second-order valence-electron chi connectivity index (χ2n) is 5.49. The zero-order chi connectivity index (χ0) is 13.7. The fourth-order valence-electron chi connectivity index (χ4n) is 2.57. The molecule has 0 spiro atoms. The Kier molecular flexibility index (Phi) is 5.07. The van der Waals surface area contributed by atoms with Crippen molar-refractivity contribution in [2.75, 3.05) is 11.9 Å². The van der Waals surface area contributed by atoms with E-state index < -0.39 is 0 Å². The largest absolute Gasteiger partial charge is 0.388 e. The molecule has 104 valence electrons. The van der Waals surface area contributed by atoms with Crippen LogP contribution in [0.5, 0.6) is 0 Å². The van der Waals surface area contributed by atoms with Crippen molar-refractivity contribution in [3.8, 4) is 0 Å². The Hall–Kier alpha value is -1.23. The molecule has 3 N–H and O–H groups in total. The maximum Gasteiger partial charge on any atom is 0.144 e. The number of hydrogen-bond acceptors (Lipinski definition) is 4. The summed E-state index contributed by atoms with van der Waals surface area (Å²) in [5, 5.41) is 3.31. The number of thiocarbonyl (C=S) groups is 1. The van der Waals surface area contributed by atoms with Crippen LogP contribution in [0.1, 0.15) is 44.7 Å². The summed E-state index contributed by atoms with van der Waals surface area (Å²) in [6, 6.07) is 0. The third-order valence-electron chi connectivity index (χ3n) is 3.90. The summed E-state index contributed by atoms with van der Waals surface area (Å²) in [4.78, 5) is 8.70. The Morgan fingerprint density at radius 1 is 1.32 bits per heavy atom. The Balaban J connectivity index is 1.72. The molecule has 1 aliphatic carbocycles. The maximum absolute atomic E-state index is 5.48. The third kappa shape index (κ3) is 4.42. The first kappa shape index (κ1) is 14.2. The number of nitrogens with one attached hydrogen (secondary N) is 1. The Labute approximate surface area is 120 Å². The van der Waals surface area contributed by atoms with E-state index in [1.54, 1.807) is 12.4 Å². The highest BCUT2D eigenvalue weighted by atomic mass is 32.1. The van der Waals surface area contributed by atoms with Gasteiger partial charge in [0, 0.05) is 6.54 Å². The Morgan fingerprint density at radius 2 is 2.05 bits per heavy atom. The molecule has 0 radical (unpaired) electrons. The lowest BCUT2D eigenvalue weighted by Gasteiger charge is -2.26. The second kappa shape index (κ2) is 6.80. The normalized spacial score (nSPS) is 23.0. The van der Waals surface area contributed by atoms with Gasteiger partial charge in [0.1, 0.15) is 16.5 Å². The van der Waals surface area contributed by atoms with Gasteiger partial charge in [0.25, 0.3) is 0 Å². The van der Waals surface area contributed by atoms with E-state index in [2.05, 4.69) is 22.2 Å². The SMILES string of the molecule is CC1CCC(CCNc2cnc(C(N)=S)cn2)CC1. The average Bonchev–Trinajstić information content (AvgIpc) is 2.41. The smallest absolute Gasteiger partial charge is 0.144 e. The first-order valence-electron chi connectivity index (χ1n) is 7.01. The van der Waals surface area contributed by atoms with Crippen LogP contribution in [0.4, 0.5) is 5.82 Å². The minimum Gasteiger partial charge on any atom is -0.388 e. The maximum atomic E-state index is 5.48. The van der Waals surface area contributed by atoms with Crippen molar-refractivity contribution >= 4 is 23.0 Å². The summed E-state index contributed by atoms with van der Waals surface area (Å²) in [5.74, 6) is 2.58. The fraction of sp³-hybridized carbons (Fsp3) is 0.643. The summed E-state index contributed by atoms with van der Waals surface area (Å²) < 4.78 is 0. The van der Waals surface area contributed by atoms with E-state index in [-0.39, 0.29) is 4.99 Å². The average molecular weight is 278 g/mol. The van der Waals surface area contributed by atoms with Crippen molar-refractivity contribution < 1.29 is 0 Å². The minimum atomic E-state index is 0.287. The first-order chi connectivity index (χ1) is 9.15. The summed E-state index contributed by atoms with van der Waals surface area (Å²) in [6.07, 6.45) is 10.0. The molecule has 4 nitrogen and oxygen atoms in total. The van der Waals surface area contributed by atoms with Crippen molar-refractivity contribution in [2.24, 2.45) is 17.6 Å². The number of anilines is 1. The lowest BCUT2D eigenvalue weighted by Crippen LogP contribution is -2.16. The van der Waals surface area contributed by atoms with E-state index in [0.717, 1.165) is 24.2 Å². The third-order valence-corrected chi connectivity index (χ3v) is 4.11. The molecule has 1 aliphatic rings. The molecule has 1 saturated carbocycles. The number of aromatic nitrogens is 2. The lowest BCUT2D eigenvalue weighted by atomic mass is 9.81. The van der Waals surface area contributed by atoms with Crippen molar-refractivity contribution in [3.05, 3.63) is 18.1 Å². The van der Waals surface area contributed by atoms with Crippen LogP contribution in [0.2, 0.25) is 0 Å². The van der Waals surface area contributed by atoms with Gasteiger partial charge in [-0.3, -0.25) is 0 Å². The minimum absolute atomic E-state index is 0.287. The van der Waals surface area contributed by atoms with E-state index in [1.165, 1.54) is 32.1 Å². The van der Waals surface area contributed by atoms with Crippen LogP contribution in [-0.2, 0) is 0 Å². The van der Waals surface area contributed by atoms with Crippen LogP contribution in [0.15, 0.2) is 12.4 Å². The predicted octanol–water partition coefficient (Wildman–Crippen LogP) is 2.74. The van der Waals surface area contributed by atoms with Gasteiger partial charge in [-0.05, 0) is 18.3 Å². The van der Waals surface area contributed by atoms with Gasteiger partial charge in [0.05, 0.1) is 12.4 Å². The molecule has 0 bridgehead atoms. The molecule has 1 heterocycles. The molecule has 19 heavy (non-hydrogen) atoms. The van der Waals surface area contributed by atoms with E-state index >= 15 is 0 Å². The van der Waals surface area contributed by atoms with Crippen LogP contribution in [0.3, 0.4) is 0 Å². The Morgan fingerprint density at radius 3 is 2.63 bits per heavy atom. The number of nitrogens with two attached hydrogens (primary N) is 1. The second-order valence-corrected chi connectivity index (χ2v) is 5.93. The highest BCUT2D eigenvalue weighted by Crippen LogP contribution is 2.30. The predicted molar refractivity (Wildman–Crippen MR) is 82.1 cm³/mol.